The van der Waals surface area contributed by atoms with Gasteiger partial charge in [0.15, 0.2) is 0 Å². The van der Waals surface area contributed by atoms with E-state index in [9.17, 15) is 9.00 Å². The highest BCUT2D eigenvalue weighted by Crippen LogP contribution is 2.21. The summed E-state index contributed by atoms with van der Waals surface area (Å²) in [5.41, 5.74) is 0.332. The van der Waals surface area contributed by atoms with E-state index in [0.29, 0.717) is 22.7 Å². The third-order valence-electron chi connectivity index (χ3n) is 1.56. The number of aliphatic carboxylic acids is 1. The van der Waals surface area contributed by atoms with Gasteiger partial charge in [-0.3, -0.25) is 4.21 Å². The maximum absolute atomic E-state index is 10.9. The van der Waals surface area contributed by atoms with Gasteiger partial charge in [0.05, 0.1) is 0 Å². The van der Waals surface area contributed by atoms with E-state index in [1.165, 1.54) is 0 Å². The minimum Gasteiger partial charge on any atom is -0.478 e. The van der Waals surface area contributed by atoms with Crippen LogP contribution in [0, 0.1) is 0 Å². The Balaban J connectivity index is 2.96. The highest BCUT2D eigenvalue weighted by Gasteiger charge is 2.22. The first-order chi connectivity index (χ1) is 4.63. The van der Waals surface area contributed by atoms with Crippen molar-refractivity contribution in [1.82, 2.24) is 0 Å². The Morgan fingerprint density at radius 1 is 1.70 bits per heavy atom. The summed E-state index contributed by atoms with van der Waals surface area (Å²) in [4.78, 5) is 10.9. The average Bonchev–Trinajstić information content (AvgIpc) is 2.14. The van der Waals surface area contributed by atoms with Gasteiger partial charge in [0, 0.05) is 27.0 Å². The summed E-state index contributed by atoms with van der Waals surface area (Å²) in [7, 11) is -1.02. The molecule has 1 unspecified atom stereocenters. The van der Waals surface area contributed by atoms with Crippen molar-refractivity contribution < 1.29 is 14.1 Å². The first-order valence-electron chi connectivity index (χ1n) is 2.94. The van der Waals surface area contributed by atoms with Crippen LogP contribution >= 0.6 is 0 Å². The number of carboxylic acids is 1. The summed E-state index contributed by atoms with van der Waals surface area (Å²) in [5, 5.41) is 8.51. The van der Waals surface area contributed by atoms with Crippen LogP contribution in [-0.4, -0.2) is 21.0 Å². The van der Waals surface area contributed by atoms with E-state index in [2.05, 4.69) is 0 Å². The van der Waals surface area contributed by atoms with Gasteiger partial charge in [-0.2, -0.15) is 0 Å². The molecule has 10 heavy (non-hydrogen) atoms. The Morgan fingerprint density at radius 3 is 2.50 bits per heavy atom. The van der Waals surface area contributed by atoms with E-state index in [-0.39, 0.29) is 0 Å². The van der Waals surface area contributed by atoms with Gasteiger partial charge in [0.25, 0.3) is 0 Å². The van der Waals surface area contributed by atoms with Crippen LogP contribution < -0.4 is 0 Å². The number of hydrogen-bond donors (Lipinski definition) is 1. The molecule has 56 valence electrons. The molecule has 0 aromatic heterocycles. The Labute approximate surface area is 61.2 Å². The van der Waals surface area contributed by atoms with Crippen molar-refractivity contribution in [2.75, 3.05) is 5.75 Å². The number of allylic oxidation sites excluding steroid dienone is 1. The van der Waals surface area contributed by atoms with E-state index < -0.39 is 16.8 Å². The molecule has 0 aliphatic carbocycles. The minimum absolute atomic E-state index is 0.332. The van der Waals surface area contributed by atoms with Gasteiger partial charge in [0.1, 0.15) is 0 Å². The zero-order valence-electron chi connectivity index (χ0n) is 5.59. The lowest BCUT2D eigenvalue weighted by atomic mass is 10.2. The van der Waals surface area contributed by atoms with Gasteiger partial charge in [-0.05, 0) is 13.3 Å². The molecule has 0 aromatic carbocycles. The van der Waals surface area contributed by atoms with Gasteiger partial charge >= 0.3 is 5.97 Å². The number of hydrogen-bond acceptors (Lipinski definition) is 2. The fraction of sp³-hybridized carbons (Fsp3) is 0.500. The molecule has 0 fully saturated rings. The van der Waals surface area contributed by atoms with Crippen molar-refractivity contribution in [3.8, 4) is 0 Å². The molecule has 0 saturated heterocycles. The fourth-order valence-corrected chi connectivity index (χ4v) is 2.08. The number of carboxylic acid groups (broad SMARTS) is 1. The second-order valence-electron chi connectivity index (χ2n) is 2.14. The summed E-state index contributed by atoms with van der Waals surface area (Å²) in [6, 6.07) is 0. The molecule has 1 aliphatic rings. The number of rotatable bonds is 1. The maximum atomic E-state index is 10.9. The van der Waals surface area contributed by atoms with Crippen LogP contribution in [0.5, 0.6) is 0 Å². The van der Waals surface area contributed by atoms with Crippen LogP contribution in [0.1, 0.15) is 13.3 Å². The van der Waals surface area contributed by atoms with Crippen LogP contribution in [0.15, 0.2) is 10.5 Å². The lowest BCUT2D eigenvalue weighted by Crippen LogP contribution is -1.98. The molecule has 0 saturated carbocycles. The summed E-state index contributed by atoms with van der Waals surface area (Å²) >= 11 is 0. The molecular formula is C6H8O3S. The maximum Gasteiger partial charge on any atom is 0.332 e. The van der Waals surface area contributed by atoms with Crippen molar-refractivity contribution in [3.05, 3.63) is 10.5 Å². The first-order valence-corrected chi connectivity index (χ1v) is 4.26. The van der Waals surface area contributed by atoms with E-state index in [1.807, 2.05) is 0 Å². The standard InChI is InChI=1S/C6H8O3S/c1-4-5(6(7)8)2-3-10(4)9/h2-3H2,1H3,(H,7,8). The van der Waals surface area contributed by atoms with Crippen LogP contribution in [0.25, 0.3) is 0 Å². The zero-order valence-corrected chi connectivity index (χ0v) is 6.40. The third kappa shape index (κ3) is 1.11. The Morgan fingerprint density at radius 2 is 2.30 bits per heavy atom. The molecular weight excluding hydrogens is 152 g/mol. The molecule has 1 N–H and O–H groups in total. The molecule has 3 nitrogen and oxygen atoms in total. The Bertz CT molecular complexity index is 229. The first kappa shape index (κ1) is 7.47. The summed E-state index contributed by atoms with van der Waals surface area (Å²) < 4.78 is 10.9. The second-order valence-corrected chi connectivity index (χ2v) is 3.85. The fourth-order valence-electron chi connectivity index (χ4n) is 0.919. The Kier molecular flexibility index (Phi) is 1.89. The highest BCUT2D eigenvalue weighted by atomic mass is 32.2. The summed E-state index contributed by atoms with van der Waals surface area (Å²) in [5.74, 6) is -0.448. The third-order valence-corrected chi connectivity index (χ3v) is 3.07. The summed E-state index contributed by atoms with van der Waals surface area (Å²) in [6.45, 7) is 1.62. The molecule has 1 heterocycles. The van der Waals surface area contributed by atoms with Gasteiger partial charge in [-0.1, -0.05) is 0 Å². The predicted octanol–water partition coefficient (Wildman–Crippen LogP) is 0.497. The molecule has 0 spiro atoms. The molecule has 0 aromatic rings. The van der Waals surface area contributed by atoms with Crippen LogP contribution in [-0.2, 0) is 15.6 Å². The molecule has 1 aliphatic heterocycles. The molecule has 0 amide bonds. The lowest BCUT2D eigenvalue weighted by Gasteiger charge is -1.91. The molecule has 1 rings (SSSR count). The van der Waals surface area contributed by atoms with Crippen LogP contribution in [0.4, 0.5) is 0 Å². The normalized spacial score (nSPS) is 25.5. The molecule has 4 heteroatoms. The van der Waals surface area contributed by atoms with Gasteiger partial charge < -0.3 is 5.11 Å². The van der Waals surface area contributed by atoms with E-state index in [4.69, 9.17) is 5.11 Å². The smallest absolute Gasteiger partial charge is 0.332 e. The molecule has 0 radical (unpaired) electrons. The SMILES string of the molecule is CC1=C(C(=O)O)CCS1=O. The second kappa shape index (κ2) is 2.54. The Hall–Kier alpha value is -0.640. The van der Waals surface area contributed by atoms with Crippen molar-refractivity contribution in [2.45, 2.75) is 13.3 Å². The van der Waals surface area contributed by atoms with E-state index in [0.717, 1.165) is 0 Å². The monoisotopic (exact) mass is 160 g/mol. The predicted molar refractivity (Wildman–Crippen MR) is 38.0 cm³/mol. The average molecular weight is 160 g/mol. The van der Waals surface area contributed by atoms with Gasteiger partial charge in [-0.25, -0.2) is 4.79 Å². The molecule has 1 atom stereocenters. The van der Waals surface area contributed by atoms with Crippen molar-refractivity contribution in [3.63, 3.8) is 0 Å². The van der Waals surface area contributed by atoms with E-state index in [1.54, 1.807) is 6.92 Å². The lowest BCUT2D eigenvalue weighted by molar-refractivity contribution is -0.132. The number of carbonyl (C=O) groups is 1. The van der Waals surface area contributed by atoms with Crippen molar-refractivity contribution in [2.24, 2.45) is 0 Å². The van der Waals surface area contributed by atoms with E-state index >= 15 is 0 Å². The minimum atomic E-state index is -1.02. The van der Waals surface area contributed by atoms with Crippen molar-refractivity contribution in [1.29, 1.82) is 0 Å². The topological polar surface area (TPSA) is 54.4 Å². The van der Waals surface area contributed by atoms with Crippen LogP contribution in [0.2, 0.25) is 0 Å². The zero-order chi connectivity index (χ0) is 7.72. The summed E-state index contributed by atoms with van der Waals surface area (Å²) in [6.07, 6.45) is 0.452. The van der Waals surface area contributed by atoms with Gasteiger partial charge in [0.2, 0.25) is 0 Å². The van der Waals surface area contributed by atoms with Crippen molar-refractivity contribution >= 4 is 16.8 Å². The molecule has 0 bridgehead atoms. The highest BCUT2D eigenvalue weighted by molar-refractivity contribution is 7.89. The quantitative estimate of drug-likeness (QED) is 0.607. The van der Waals surface area contributed by atoms with Crippen LogP contribution in [0.3, 0.4) is 0 Å². The van der Waals surface area contributed by atoms with Gasteiger partial charge in [-0.15, -0.1) is 0 Å². The largest absolute Gasteiger partial charge is 0.478 e.